The highest BCUT2D eigenvalue weighted by Gasteiger charge is 2.35. The molecule has 0 radical (unpaired) electrons. The molecule has 1 amide bonds. The Balaban J connectivity index is 1.61. The van der Waals surface area contributed by atoms with Crippen LogP contribution in [0.15, 0.2) is 24.3 Å². The van der Waals surface area contributed by atoms with Crippen molar-refractivity contribution in [2.45, 2.75) is 38.0 Å². The van der Waals surface area contributed by atoms with E-state index in [0.29, 0.717) is 25.6 Å². The Bertz CT molecular complexity index is 555. The van der Waals surface area contributed by atoms with Crippen molar-refractivity contribution in [1.82, 2.24) is 10.2 Å². The summed E-state index contributed by atoms with van der Waals surface area (Å²) in [7, 11) is 0. The van der Waals surface area contributed by atoms with Gasteiger partial charge in [-0.2, -0.15) is 13.2 Å². The number of rotatable bonds is 4. The molecule has 6 heteroatoms. The first kappa shape index (κ1) is 15.3. The summed E-state index contributed by atoms with van der Waals surface area (Å²) < 4.78 is 39.0. The molecule has 1 N–H and O–H groups in total. The topological polar surface area (TPSA) is 32.3 Å². The van der Waals surface area contributed by atoms with Crippen LogP contribution in [0.3, 0.4) is 0 Å². The first-order valence-electron chi connectivity index (χ1n) is 7.61. The lowest BCUT2D eigenvalue weighted by Crippen LogP contribution is -2.34. The summed E-state index contributed by atoms with van der Waals surface area (Å²) in [5.41, 5.74) is -0.306. The molecular formula is C16H19F3N2O. The summed E-state index contributed by atoms with van der Waals surface area (Å²) in [6, 6.07) is 5.98. The van der Waals surface area contributed by atoms with E-state index in [4.69, 9.17) is 0 Å². The highest BCUT2D eigenvalue weighted by atomic mass is 19.4. The minimum Gasteiger partial charge on any atom is -0.353 e. The SMILES string of the molecule is O=C(NC1CC1)C1CCN(Cc2ccccc2C(F)(F)F)C1. The van der Waals surface area contributed by atoms with E-state index in [1.807, 2.05) is 4.90 Å². The number of halogens is 3. The summed E-state index contributed by atoms with van der Waals surface area (Å²) in [6.45, 7) is 1.43. The molecule has 1 saturated carbocycles. The maximum absolute atomic E-state index is 13.0. The number of carbonyl (C=O) groups excluding carboxylic acids is 1. The van der Waals surface area contributed by atoms with Crippen molar-refractivity contribution >= 4 is 5.91 Å². The van der Waals surface area contributed by atoms with Crippen molar-refractivity contribution in [2.24, 2.45) is 5.92 Å². The monoisotopic (exact) mass is 312 g/mol. The van der Waals surface area contributed by atoms with Gasteiger partial charge in [-0.05, 0) is 37.4 Å². The molecule has 1 saturated heterocycles. The number of likely N-dealkylation sites (tertiary alicyclic amines) is 1. The molecule has 3 nitrogen and oxygen atoms in total. The van der Waals surface area contributed by atoms with Crippen LogP contribution in [-0.2, 0) is 17.5 Å². The van der Waals surface area contributed by atoms with Gasteiger partial charge < -0.3 is 5.32 Å². The van der Waals surface area contributed by atoms with Gasteiger partial charge in [0.25, 0.3) is 0 Å². The maximum Gasteiger partial charge on any atom is 0.416 e. The second-order valence-corrected chi connectivity index (χ2v) is 6.16. The van der Waals surface area contributed by atoms with Crippen molar-refractivity contribution in [3.05, 3.63) is 35.4 Å². The average Bonchev–Trinajstić information content (AvgIpc) is 3.14. The third kappa shape index (κ3) is 3.61. The van der Waals surface area contributed by atoms with Gasteiger partial charge in [-0.15, -0.1) is 0 Å². The zero-order valence-corrected chi connectivity index (χ0v) is 12.2. The minimum absolute atomic E-state index is 0.0501. The Kier molecular flexibility index (Phi) is 4.12. The Hall–Kier alpha value is -1.56. The molecular weight excluding hydrogens is 293 g/mol. The number of amides is 1. The highest BCUT2D eigenvalue weighted by molar-refractivity contribution is 5.79. The molecule has 1 atom stereocenters. The van der Waals surface area contributed by atoms with Crippen LogP contribution in [0.2, 0.25) is 0 Å². The van der Waals surface area contributed by atoms with Gasteiger partial charge in [-0.1, -0.05) is 18.2 Å². The number of nitrogens with zero attached hydrogens (tertiary/aromatic N) is 1. The first-order valence-corrected chi connectivity index (χ1v) is 7.61. The predicted molar refractivity (Wildman–Crippen MR) is 76.0 cm³/mol. The van der Waals surface area contributed by atoms with Crippen molar-refractivity contribution in [3.8, 4) is 0 Å². The minimum atomic E-state index is -4.33. The zero-order valence-electron chi connectivity index (χ0n) is 12.2. The maximum atomic E-state index is 13.0. The molecule has 2 fully saturated rings. The van der Waals surface area contributed by atoms with E-state index in [-0.39, 0.29) is 23.9 Å². The highest BCUT2D eigenvalue weighted by Crippen LogP contribution is 2.33. The summed E-state index contributed by atoms with van der Waals surface area (Å²) in [4.78, 5) is 13.9. The van der Waals surface area contributed by atoms with E-state index >= 15 is 0 Å². The van der Waals surface area contributed by atoms with Crippen LogP contribution in [0.5, 0.6) is 0 Å². The van der Waals surface area contributed by atoms with E-state index in [9.17, 15) is 18.0 Å². The molecule has 22 heavy (non-hydrogen) atoms. The van der Waals surface area contributed by atoms with Crippen molar-refractivity contribution in [3.63, 3.8) is 0 Å². The van der Waals surface area contributed by atoms with E-state index in [0.717, 1.165) is 18.9 Å². The van der Waals surface area contributed by atoms with Gasteiger partial charge in [0.1, 0.15) is 0 Å². The molecule has 120 valence electrons. The van der Waals surface area contributed by atoms with Crippen LogP contribution in [-0.4, -0.2) is 29.9 Å². The number of carbonyl (C=O) groups is 1. The van der Waals surface area contributed by atoms with Gasteiger partial charge >= 0.3 is 6.18 Å². The third-order valence-corrected chi connectivity index (χ3v) is 4.28. The molecule has 1 heterocycles. The standard InChI is InChI=1S/C16H19F3N2O/c17-16(18,19)14-4-2-1-3-11(14)9-21-8-7-12(10-21)15(22)20-13-5-6-13/h1-4,12-13H,5-10H2,(H,20,22). The molecule has 0 aromatic heterocycles. The molecule has 2 aliphatic rings. The van der Waals surface area contributed by atoms with Gasteiger partial charge in [-0.3, -0.25) is 9.69 Å². The summed E-state index contributed by atoms with van der Waals surface area (Å²) in [5, 5.41) is 2.97. The van der Waals surface area contributed by atoms with Crippen LogP contribution in [0, 0.1) is 5.92 Å². The van der Waals surface area contributed by atoms with Crippen LogP contribution < -0.4 is 5.32 Å². The average molecular weight is 312 g/mol. The molecule has 1 unspecified atom stereocenters. The van der Waals surface area contributed by atoms with Crippen LogP contribution in [0.4, 0.5) is 13.2 Å². The molecule has 0 bridgehead atoms. The molecule has 1 aliphatic carbocycles. The second-order valence-electron chi connectivity index (χ2n) is 6.16. The largest absolute Gasteiger partial charge is 0.416 e. The lowest BCUT2D eigenvalue weighted by atomic mass is 10.1. The van der Waals surface area contributed by atoms with Gasteiger partial charge in [0, 0.05) is 19.1 Å². The Labute approximate surface area is 127 Å². The predicted octanol–water partition coefficient (Wildman–Crippen LogP) is 2.81. The summed E-state index contributed by atoms with van der Waals surface area (Å²) >= 11 is 0. The molecule has 1 aromatic rings. The fraction of sp³-hybridized carbons (Fsp3) is 0.562. The normalized spacial score (nSPS) is 22.8. The van der Waals surface area contributed by atoms with Gasteiger partial charge in [-0.25, -0.2) is 0 Å². The van der Waals surface area contributed by atoms with E-state index in [2.05, 4.69) is 5.32 Å². The Morgan fingerprint density at radius 1 is 1.23 bits per heavy atom. The van der Waals surface area contributed by atoms with Crippen LogP contribution in [0.25, 0.3) is 0 Å². The van der Waals surface area contributed by atoms with Crippen LogP contribution in [0.1, 0.15) is 30.4 Å². The fourth-order valence-electron chi connectivity index (χ4n) is 2.91. The number of hydrogen-bond acceptors (Lipinski definition) is 2. The number of benzene rings is 1. The molecule has 1 aromatic carbocycles. The second kappa shape index (κ2) is 5.91. The van der Waals surface area contributed by atoms with Gasteiger partial charge in [0.05, 0.1) is 11.5 Å². The molecule has 0 spiro atoms. The van der Waals surface area contributed by atoms with Crippen LogP contribution >= 0.6 is 0 Å². The zero-order chi connectivity index (χ0) is 15.7. The summed E-state index contributed by atoms with van der Waals surface area (Å²) in [6.07, 6.45) is -1.53. The van der Waals surface area contributed by atoms with Gasteiger partial charge in [0.2, 0.25) is 5.91 Å². The lowest BCUT2D eigenvalue weighted by molar-refractivity contribution is -0.138. The summed E-state index contributed by atoms with van der Waals surface area (Å²) in [5.74, 6) is -0.0484. The van der Waals surface area contributed by atoms with Crippen molar-refractivity contribution in [2.75, 3.05) is 13.1 Å². The first-order chi connectivity index (χ1) is 10.4. The smallest absolute Gasteiger partial charge is 0.353 e. The fourth-order valence-corrected chi connectivity index (χ4v) is 2.91. The Morgan fingerprint density at radius 3 is 2.64 bits per heavy atom. The lowest BCUT2D eigenvalue weighted by Gasteiger charge is -2.19. The van der Waals surface area contributed by atoms with Gasteiger partial charge in [0.15, 0.2) is 0 Å². The van der Waals surface area contributed by atoms with E-state index < -0.39 is 11.7 Å². The third-order valence-electron chi connectivity index (χ3n) is 4.28. The van der Waals surface area contributed by atoms with E-state index in [1.54, 1.807) is 6.07 Å². The molecule has 1 aliphatic heterocycles. The van der Waals surface area contributed by atoms with Crippen molar-refractivity contribution in [1.29, 1.82) is 0 Å². The van der Waals surface area contributed by atoms with Crippen molar-refractivity contribution < 1.29 is 18.0 Å². The Morgan fingerprint density at radius 2 is 1.95 bits per heavy atom. The van der Waals surface area contributed by atoms with E-state index in [1.165, 1.54) is 12.1 Å². The quantitative estimate of drug-likeness (QED) is 0.927. The number of hydrogen-bond donors (Lipinski definition) is 1. The molecule has 3 rings (SSSR count). The number of nitrogens with one attached hydrogen (secondary N) is 1. The number of alkyl halides is 3.